The molecule has 0 bridgehead atoms. The van der Waals surface area contributed by atoms with Crippen LogP contribution in [0.5, 0.6) is 5.88 Å². The molecule has 3 aliphatic heterocycles. The molecule has 0 unspecified atom stereocenters. The third-order valence-corrected chi connectivity index (χ3v) is 8.46. The number of aryl methyl sites for hydroxylation is 1. The fraction of sp³-hybridized carbons (Fsp3) is 0.567. The predicted octanol–water partition coefficient (Wildman–Crippen LogP) is 5.99. The molecule has 0 aliphatic carbocycles. The summed E-state index contributed by atoms with van der Waals surface area (Å²) >= 11 is 0. The van der Waals surface area contributed by atoms with Crippen molar-refractivity contribution in [1.29, 1.82) is 0 Å². The van der Waals surface area contributed by atoms with Gasteiger partial charge in [0.25, 0.3) is 0 Å². The summed E-state index contributed by atoms with van der Waals surface area (Å²) in [5.41, 5.74) is 2.81. The van der Waals surface area contributed by atoms with Crippen LogP contribution in [0.1, 0.15) is 71.2 Å². The van der Waals surface area contributed by atoms with Crippen LogP contribution in [-0.2, 0) is 9.47 Å². The Morgan fingerprint density at radius 2 is 1.84 bits per heavy atom. The Morgan fingerprint density at radius 1 is 1.13 bits per heavy atom. The monoisotopic (exact) mass is 518 g/mol. The highest BCUT2D eigenvalue weighted by Crippen LogP contribution is 2.55. The molecule has 2 atom stereocenters. The number of ether oxygens (including phenoxy) is 3. The molecular weight excluding hydrogens is 480 g/mol. The Labute approximate surface area is 224 Å². The molecule has 202 valence electrons. The molecule has 38 heavy (non-hydrogen) atoms. The van der Waals surface area contributed by atoms with Gasteiger partial charge < -0.3 is 19.1 Å². The van der Waals surface area contributed by atoms with Crippen molar-refractivity contribution in [1.82, 2.24) is 19.7 Å². The number of piperidine rings is 1. The van der Waals surface area contributed by atoms with Gasteiger partial charge in [-0.25, -0.2) is 9.48 Å². The lowest BCUT2D eigenvalue weighted by atomic mass is 9.64. The van der Waals surface area contributed by atoms with Crippen LogP contribution in [0.25, 0.3) is 16.7 Å². The van der Waals surface area contributed by atoms with Crippen LogP contribution in [0.2, 0.25) is 0 Å². The number of amides is 1. The fourth-order valence-electron chi connectivity index (χ4n) is 6.31. The molecule has 8 heteroatoms. The van der Waals surface area contributed by atoms with Gasteiger partial charge in [-0.2, -0.15) is 10.1 Å². The predicted molar refractivity (Wildman–Crippen MR) is 145 cm³/mol. The first kappa shape index (κ1) is 25.2. The van der Waals surface area contributed by atoms with Crippen LogP contribution in [0.15, 0.2) is 36.4 Å². The maximum atomic E-state index is 12.6. The average molecular weight is 519 g/mol. The second-order valence-corrected chi connectivity index (χ2v) is 12.8. The summed E-state index contributed by atoms with van der Waals surface area (Å²) < 4.78 is 20.8. The number of hydrogen-bond donors (Lipinski definition) is 0. The molecule has 1 amide bonds. The number of pyridine rings is 1. The van der Waals surface area contributed by atoms with Crippen molar-refractivity contribution >= 4 is 17.1 Å². The van der Waals surface area contributed by atoms with Gasteiger partial charge >= 0.3 is 6.09 Å². The number of rotatable bonds is 1. The van der Waals surface area contributed by atoms with Gasteiger partial charge in [0.1, 0.15) is 11.2 Å². The maximum Gasteiger partial charge on any atom is 0.410 e. The second-order valence-electron chi connectivity index (χ2n) is 12.8. The zero-order chi connectivity index (χ0) is 26.9. The summed E-state index contributed by atoms with van der Waals surface area (Å²) in [7, 11) is 0. The van der Waals surface area contributed by atoms with Crippen molar-refractivity contribution in [2.45, 2.75) is 78.1 Å². The molecule has 2 fully saturated rings. The molecular formula is C30H38N4O4. The highest BCUT2D eigenvalue weighted by molar-refractivity contribution is 5.81. The Kier molecular flexibility index (Phi) is 5.76. The minimum atomic E-state index is -0.486. The number of carbonyl (C=O) groups is 1. The largest absolute Gasteiger partial charge is 0.471 e. The number of benzene rings is 1. The molecule has 0 radical (unpaired) electrons. The van der Waals surface area contributed by atoms with E-state index in [2.05, 4.69) is 19.9 Å². The molecule has 0 N–H and O–H groups in total. The molecule has 3 aromatic rings. The van der Waals surface area contributed by atoms with E-state index in [1.807, 2.05) is 67.6 Å². The van der Waals surface area contributed by atoms with Gasteiger partial charge in [0.15, 0.2) is 5.65 Å². The zero-order valence-electron chi connectivity index (χ0n) is 23.3. The highest BCUT2D eigenvalue weighted by Gasteiger charge is 2.53. The minimum Gasteiger partial charge on any atom is -0.471 e. The Hall–Kier alpha value is -3.13. The zero-order valence-corrected chi connectivity index (χ0v) is 23.3. The van der Waals surface area contributed by atoms with Gasteiger partial charge in [0.2, 0.25) is 5.88 Å². The van der Waals surface area contributed by atoms with E-state index in [1.165, 1.54) is 0 Å². The summed E-state index contributed by atoms with van der Waals surface area (Å²) in [4.78, 5) is 19.5. The smallest absolute Gasteiger partial charge is 0.410 e. The molecule has 1 aromatic carbocycles. The first-order valence-electron chi connectivity index (χ1n) is 13.7. The second kappa shape index (κ2) is 8.70. The van der Waals surface area contributed by atoms with Crippen LogP contribution in [0, 0.1) is 18.3 Å². The fourth-order valence-corrected chi connectivity index (χ4v) is 6.31. The topological polar surface area (TPSA) is 78.7 Å². The van der Waals surface area contributed by atoms with Crippen LogP contribution in [-0.4, -0.2) is 56.7 Å². The molecule has 8 nitrogen and oxygen atoms in total. The number of likely N-dealkylation sites (tertiary alicyclic amines) is 1. The lowest BCUT2D eigenvalue weighted by Gasteiger charge is -2.54. The first-order chi connectivity index (χ1) is 17.9. The molecule has 3 aliphatic rings. The van der Waals surface area contributed by atoms with Crippen LogP contribution in [0.3, 0.4) is 0 Å². The van der Waals surface area contributed by atoms with Gasteiger partial charge in [-0.15, -0.1) is 0 Å². The third kappa shape index (κ3) is 4.32. The van der Waals surface area contributed by atoms with E-state index in [1.54, 1.807) is 0 Å². The van der Waals surface area contributed by atoms with E-state index >= 15 is 0 Å². The van der Waals surface area contributed by atoms with E-state index in [-0.39, 0.29) is 23.5 Å². The van der Waals surface area contributed by atoms with Gasteiger partial charge in [-0.1, -0.05) is 18.2 Å². The number of hydrogen-bond acceptors (Lipinski definition) is 6. The third-order valence-electron chi connectivity index (χ3n) is 8.46. The Balaban J connectivity index is 1.27. The van der Waals surface area contributed by atoms with Crippen molar-refractivity contribution in [2.75, 3.05) is 19.7 Å². The SMILES string of the molecule is Cc1nn(-c2ccccc2)c2nc3c(cc12)[C@H]1OCC2(CCN(C(=O)OC(C)(C)C)CC2)C[C@@H]1C(C)(C)O3. The van der Waals surface area contributed by atoms with Crippen molar-refractivity contribution in [3.05, 3.63) is 47.7 Å². The summed E-state index contributed by atoms with van der Waals surface area (Å²) in [5.74, 6) is 0.817. The summed E-state index contributed by atoms with van der Waals surface area (Å²) in [5, 5.41) is 5.82. The van der Waals surface area contributed by atoms with Crippen molar-refractivity contribution in [3.8, 4) is 11.6 Å². The normalized spacial score (nSPS) is 24.0. The van der Waals surface area contributed by atoms with E-state index in [9.17, 15) is 4.79 Å². The van der Waals surface area contributed by atoms with Crippen LogP contribution >= 0.6 is 0 Å². The Morgan fingerprint density at radius 3 is 2.53 bits per heavy atom. The molecule has 0 saturated carbocycles. The maximum absolute atomic E-state index is 12.6. The quantitative estimate of drug-likeness (QED) is 0.393. The molecule has 6 rings (SSSR count). The summed E-state index contributed by atoms with van der Waals surface area (Å²) in [6.07, 6.45) is 2.49. The number of carbonyl (C=O) groups excluding carboxylic acids is 1. The van der Waals surface area contributed by atoms with Crippen molar-refractivity contribution in [3.63, 3.8) is 0 Å². The van der Waals surface area contributed by atoms with Crippen molar-refractivity contribution < 1.29 is 19.0 Å². The molecule has 1 spiro atoms. The average Bonchev–Trinajstić information content (AvgIpc) is 3.18. The molecule has 2 aromatic heterocycles. The summed E-state index contributed by atoms with van der Waals surface area (Å²) in [6, 6.07) is 12.2. The van der Waals surface area contributed by atoms with E-state index in [4.69, 9.17) is 24.3 Å². The van der Waals surface area contributed by atoms with Gasteiger partial charge in [-0.05, 0) is 84.4 Å². The Bertz CT molecular complexity index is 1370. The van der Waals surface area contributed by atoms with Gasteiger partial charge in [0.05, 0.1) is 24.1 Å². The summed E-state index contributed by atoms with van der Waals surface area (Å²) in [6.45, 7) is 14.1. The van der Waals surface area contributed by atoms with E-state index in [0.29, 0.717) is 25.6 Å². The van der Waals surface area contributed by atoms with Gasteiger partial charge in [0, 0.05) is 30.0 Å². The van der Waals surface area contributed by atoms with Crippen LogP contribution in [0.4, 0.5) is 4.79 Å². The lowest BCUT2D eigenvalue weighted by molar-refractivity contribution is -0.174. The van der Waals surface area contributed by atoms with Crippen LogP contribution < -0.4 is 4.74 Å². The molecule has 5 heterocycles. The van der Waals surface area contributed by atoms with Gasteiger partial charge in [-0.3, -0.25) is 0 Å². The van der Waals surface area contributed by atoms with E-state index < -0.39 is 11.2 Å². The first-order valence-corrected chi connectivity index (χ1v) is 13.7. The lowest BCUT2D eigenvalue weighted by Crippen LogP contribution is -2.55. The van der Waals surface area contributed by atoms with E-state index in [0.717, 1.165) is 47.2 Å². The standard InChI is InChI=1S/C30H38N4O4/c1-19-21-16-22-24-23(17-30(18-36-24)12-14-33(15-13-30)27(35)38-28(2,3)4)29(5,6)37-26(22)31-25(21)34(32-19)20-10-8-7-9-11-20/h7-11,16,23-24H,12-15,17-18H2,1-6H3/t23-,24+/m0/s1. The number of nitrogens with zero attached hydrogens (tertiary/aromatic N) is 4. The number of fused-ring (bicyclic) bond motifs is 4. The molecule has 2 saturated heterocycles. The highest BCUT2D eigenvalue weighted by atomic mass is 16.6. The number of aromatic nitrogens is 3. The van der Waals surface area contributed by atoms with Crippen molar-refractivity contribution in [2.24, 2.45) is 11.3 Å². The minimum absolute atomic E-state index is 0.0312. The number of para-hydroxylation sites is 1.